The molecule has 0 spiro atoms. The highest BCUT2D eigenvalue weighted by Crippen LogP contribution is 2.30. The lowest BCUT2D eigenvalue weighted by Gasteiger charge is -2.11. The Balaban J connectivity index is 1.77. The first kappa shape index (κ1) is 17.3. The summed E-state index contributed by atoms with van der Waals surface area (Å²) >= 11 is 0. The molecule has 3 rings (SSSR count). The first-order chi connectivity index (χ1) is 12.7. The molecule has 4 heteroatoms. The summed E-state index contributed by atoms with van der Waals surface area (Å²) in [7, 11) is 0. The molecule has 0 unspecified atom stereocenters. The molecule has 0 radical (unpaired) electrons. The molecule has 0 aromatic heterocycles. The van der Waals surface area contributed by atoms with Crippen molar-refractivity contribution in [1.29, 1.82) is 0 Å². The summed E-state index contributed by atoms with van der Waals surface area (Å²) in [6, 6.07) is 20.8. The second-order valence-corrected chi connectivity index (χ2v) is 5.56. The van der Waals surface area contributed by atoms with E-state index in [4.69, 9.17) is 9.47 Å². The quantitative estimate of drug-likeness (QED) is 0.394. The molecule has 130 valence electrons. The van der Waals surface area contributed by atoms with Crippen molar-refractivity contribution in [3.8, 4) is 28.4 Å². The zero-order valence-corrected chi connectivity index (χ0v) is 14.1. The third-order valence-corrected chi connectivity index (χ3v) is 3.72. The largest absolute Gasteiger partial charge is 0.508 e. The van der Waals surface area contributed by atoms with Crippen molar-refractivity contribution < 1.29 is 19.4 Å². The van der Waals surface area contributed by atoms with Crippen LogP contribution in [0.15, 0.2) is 85.5 Å². The van der Waals surface area contributed by atoms with Crippen molar-refractivity contribution in [2.24, 2.45) is 0 Å². The number of ether oxygens (including phenoxy) is 2. The molecule has 0 saturated heterocycles. The molecular formula is C22H18O4. The smallest absolute Gasteiger partial charge is 0.343 e. The Morgan fingerprint density at radius 3 is 2.35 bits per heavy atom. The van der Waals surface area contributed by atoms with Crippen LogP contribution in [-0.2, 0) is 0 Å². The highest BCUT2D eigenvalue weighted by molar-refractivity contribution is 5.91. The fourth-order valence-electron chi connectivity index (χ4n) is 2.45. The van der Waals surface area contributed by atoms with Crippen LogP contribution in [0.4, 0.5) is 0 Å². The minimum atomic E-state index is -0.460. The first-order valence-corrected chi connectivity index (χ1v) is 8.12. The Bertz CT molecular complexity index is 896. The Hall–Kier alpha value is -3.53. The van der Waals surface area contributed by atoms with Crippen molar-refractivity contribution in [2.75, 3.05) is 6.61 Å². The lowest BCUT2D eigenvalue weighted by atomic mass is 10.0. The first-order valence-electron chi connectivity index (χ1n) is 8.12. The van der Waals surface area contributed by atoms with E-state index in [1.165, 1.54) is 24.3 Å². The molecule has 0 atom stereocenters. The maximum atomic E-state index is 12.2. The molecular weight excluding hydrogens is 328 g/mol. The lowest BCUT2D eigenvalue weighted by Crippen LogP contribution is -2.08. The van der Waals surface area contributed by atoms with Crippen LogP contribution in [0.1, 0.15) is 10.4 Å². The number of benzene rings is 3. The van der Waals surface area contributed by atoms with Gasteiger partial charge in [-0.05, 0) is 48.0 Å². The van der Waals surface area contributed by atoms with Crippen molar-refractivity contribution in [1.82, 2.24) is 0 Å². The fraction of sp³-hybridized carbons (Fsp3) is 0.0455. The van der Waals surface area contributed by atoms with Crippen LogP contribution in [-0.4, -0.2) is 17.7 Å². The topological polar surface area (TPSA) is 55.8 Å². The Morgan fingerprint density at radius 1 is 0.962 bits per heavy atom. The molecule has 0 bridgehead atoms. The van der Waals surface area contributed by atoms with E-state index in [1.54, 1.807) is 18.2 Å². The van der Waals surface area contributed by atoms with Gasteiger partial charge in [0.25, 0.3) is 0 Å². The average Bonchev–Trinajstić information content (AvgIpc) is 2.68. The van der Waals surface area contributed by atoms with Gasteiger partial charge in [0.05, 0.1) is 5.56 Å². The summed E-state index contributed by atoms with van der Waals surface area (Å²) in [5.41, 5.74) is 2.31. The predicted molar refractivity (Wildman–Crippen MR) is 101 cm³/mol. The summed E-state index contributed by atoms with van der Waals surface area (Å²) < 4.78 is 11.0. The van der Waals surface area contributed by atoms with Crippen LogP contribution in [0, 0.1) is 0 Å². The van der Waals surface area contributed by atoms with Gasteiger partial charge in [0.2, 0.25) is 0 Å². The molecule has 0 aliphatic rings. The van der Waals surface area contributed by atoms with Crippen molar-refractivity contribution >= 4 is 5.97 Å². The third-order valence-electron chi connectivity index (χ3n) is 3.72. The van der Waals surface area contributed by atoms with Crippen LogP contribution in [0.5, 0.6) is 17.2 Å². The van der Waals surface area contributed by atoms with Crippen LogP contribution in [0.3, 0.4) is 0 Å². The summed E-state index contributed by atoms with van der Waals surface area (Å²) in [4.78, 5) is 12.2. The molecule has 0 aliphatic heterocycles. The maximum absolute atomic E-state index is 12.2. The van der Waals surface area contributed by atoms with Gasteiger partial charge in [0, 0.05) is 5.56 Å². The van der Waals surface area contributed by atoms with Gasteiger partial charge in [-0.15, -0.1) is 0 Å². The molecule has 0 heterocycles. The van der Waals surface area contributed by atoms with E-state index in [9.17, 15) is 9.90 Å². The molecule has 3 aromatic rings. The van der Waals surface area contributed by atoms with E-state index in [-0.39, 0.29) is 5.75 Å². The highest BCUT2D eigenvalue weighted by Gasteiger charge is 2.10. The van der Waals surface area contributed by atoms with E-state index in [0.29, 0.717) is 17.9 Å². The Labute approximate surface area is 151 Å². The fourth-order valence-corrected chi connectivity index (χ4v) is 2.45. The second kappa shape index (κ2) is 8.03. The average molecular weight is 346 g/mol. The van der Waals surface area contributed by atoms with E-state index < -0.39 is 5.97 Å². The zero-order valence-electron chi connectivity index (χ0n) is 14.1. The van der Waals surface area contributed by atoms with E-state index in [2.05, 4.69) is 6.58 Å². The van der Waals surface area contributed by atoms with Crippen LogP contribution < -0.4 is 9.47 Å². The molecule has 0 aliphatic carbocycles. The number of para-hydroxylation sites is 1. The highest BCUT2D eigenvalue weighted by atomic mass is 16.5. The Kier molecular flexibility index (Phi) is 5.34. The number of hydrogen-bond donors (Lipinski definition) is 1. The van der Waals surface area contributed by atoms with E-state index >= 15 is 0 Å². The number of phenolic OH excluding ortho intramolecular Hbond substituents is 1. The number of carbonyl (C=O) groups is 1. The SMILES string of the molecule is C=CCOc1ccccc1-c1ccc(C(=O)Oc2ccc(O)cc2)cc1. The van der Waals surface area contributed by atoms with Gasteiger partial charge in [-0.2, -0.15) is 0 Å². The van der Waals surface area contributed by atoms with Gasteiger partial charge in [-0.3, -0.25) is 0 Å². The standard InChI is InChI=1S/C22H18O4/c1-2-15-25-21-6-4-3-5-20(21)16-7-9-17(10-8-16)22(24)26-19-13-11-18(23)12-14-19/h2-14,23H,1,15H2. The Morgan fingerprint density at radius 2 is 1.65 bits per heavy atom. The van der Waals surface area contributed by atoms with Gasteiger partial charge < -0.3 is 14.6 Å². The number of rotatable bonds is 6. The third kappa shape index (κ3) is 4.11. The summed E-state index contributed by atoms with van der Waals surface area (Å²) in [6.07, 6.45) is 1.69. The normalized spacial score (nSPS) is 10.2. The van der Waals surface area contributed by atoms with Crippen LogP contribution in [0.25, 0.3) is 11.1 Å². The maximum Gasteiger partial charge on any atom is 0.343 e. The minimum absolute atomic E-state index is 0.117. The van der Waals surface area contributed by atoms with Crippen molar-refractivity contribution in [3.05, 3.63) is 91.0 Å². The summed E-state index contributed by atoms with van der Waals surface area (Å²) in [5, 5.41) is 9.27. The van der Waals surface area contributed by atoms with Crippen molar-refractivity contribution in [3.63, 3.8) is 0 Å². The number of esters is 1. The van der Waals surface area contributed by atoms with Gasteiger partial charge >= 0.3 is 5.97 Å². The van der Waals surface area contributed by atoms with Crippen LogP contribution >= 0.6 is 0 Å². The van der Waals surface area contributed by atoms with Crippen LogP contribution in [0.2, 0.25) is 0 Å². The number of aromatic hydroxyl groups is 1. The number of phenols is 1. The van der Waals surface area contributed by atoms with Crippen molar-refractivity contribution in [2.45, 2.75) is 0 Å². The number of hydrogen-bond acceptors (Lipinski definition) is 4. The summed E-state index contributed by atoms with van der Waals surface area (Å²) in [6.45, 7) is 4.08. The monoisotopic (exact) mass is 346 g/mol. The number of carbonyl (C=O) groups excluding carboxylic acids is 1. The predicted octanol–water partition coefficient (Wildman–Crippen LogP) is 4.84. The molecule has 0 amide bonds. The van der Waals surface area contributed by atoms with Gasteiger partial charge in [0.1, 0.15) is 23.9 Å². The molecule has 3 aromatic carbocycles. The molecule has 0 fully saturated rings. The second-order valence-electron chi connectivity index (χ2n) is 5.56. The molecule has 1 N–H and O–H groups in total. The molecule has 0 saturated carbocycles. The zero-order chi connectivity index (χ0) is 18.4. The molecule has 26 heavy (non-hydrogen) atoms. The van der Waals surface area contributed by atoms with E-state index in [1.807, 2.05) is 36.4 Å². The summed E-state index contributed by atoms with van der Waals surface area (Å²) in [5.74, 6) is 0.789. The van der Waals surface area contributed by atoms with Gasteiger partial charge in [-0.25, -0.2) is 4.79 Å². The molecule has 4 nitrogen and oxygen atoms in total. The minimum Gasteiger partial charge on any atom is -0.508 e. The van der Waals surface area contributed by atoms with Gasteiger partial charge in [-0.1, -0.05) is 43.0 Å². The lowest BCUT2D eigenvalue weighted by molar-refractivity contribution is 0.0734. The van der Waals surface area contributed by atoms with Gasteiger partial charge in [0.15, 0.2) is 0 Å². The van der Waals surface area contributed by atoms with E-state index in [0.717, 1.165) is 16.9 Å².